The summed E-state index contributed by atoms with van der Waals surface area (Å²) in [7, 11) is -3.12. The molecule has 0 spiro atoms. The van der Waals surface area contributed by atoms with Gasteiger partial charge in [0.25, 0.3) is 5.91 Å². The van der Waals surface area contributed by atoms with Crippen LogP contribution in [-0.4, -0.2) is 62.5 Å². The number of nitrogens with one attached hydrogen (secondary N) is 1. The zero-order valence-electron chi connectivity index (χ0n) is 16.2. The van der Waals surface area contributed by atoms with Gasteiger partial charge >= 0.3 is 0 Å². The van der Waals surface area contributed by atoms with E-state index < -0.39 is 10.0 Å². The predicted octanol–water partition coefficient (Wildman–Crippen LogP) is 1.74. The summed E-state index contributed by atoms with van der Waals surface area (Å²) in [5.74, 6) is -0.0697. The first-order valence-electron chi connectivity index (χ1n) is 9.50. The van der Waals surface area contributed by atoms with Crippen LogP contribution in [0, 0.1) is 0 Å². The molecule has 1 heterocycles. The van der Waals surface area contributed by atoms with Gasteiger partial charge in [0.2, 0.25) is 10.0 Å². The Morgan fingerprint density at radius 1 is 0.964 bits per heavy atom. The third-order valence-electron chi connectivity index (χ3n) is 4.94. The van der Waals surface area contributed by atoms with Crippen molar-refractivity contribution in [3.8, 4) is 0 Å². The highest BCUT2D eigenvalue weighted by Crippen LogP contribution is 2.12. The minimum atomic E-state index is -3.12. The van der Waals surface area contributed by atoms with Crippen molar-refractivity contribution >= 4 is 15.9 Å². The van der Waals surface area contributed by atoms with Crippen LogP contribution in [0.2, 0.25) is 0 Å². The molecule has 0 unspecified atom stereocenters. The molecule has 1 aliphatic heterocycles. The SMILES string of the molecule is CS(=O)(=O)N1CCN(Cc2cccc(C(=O)NCCc3ccccc3)c2)CC1. The molecule has 1 aliphatic rings. The highest BCUT2D eigenvalue weighted by molar-refractivity contribution is 7.88. The van der Waals surface area contributed by atoms with Gasteiger partial charge in [0.15, 0.2) is 0 Å². The Bertz CT molecular complexity index is 892. The van der Waals surface area contributed by atoms with E-state index in [4.69, 9.17) is 0 Å². The van der Waals surface area contributed by atoms with Crippen LogP contribution in [0.4, 0.5) is 0 Å². The molecule has 1 fully saturated rings. The monoisotopic (exact) mass is 401 g/mol. The first-order valence-corrected chi connectivity index (χ1v) is 11.4. The maximum Gasteiger partial charge on any atom is 0.251 e. The fraction of sp³-hybridized carbons (Fsp3) is 0.381. The third-order valence-corrected chi connectivity index (χ3v) is 6.24. The average molecular weight is 402 g/mol. The van der Waals surface area contributed by atoms with Gasteiger partial charge in [-0.1, -0.05) is 42.5 Å². The van der Waals surface area contributed by atoms with Crippen LogP contribution in [0.5, 0.6) is 0 Å². The summed E-state index contributed by atoms with van der Waals surface area (Å²) < 4.78 is 24.7. The van der Waals surface area contributed by atoms with Crippen molar-refractivity contribution in [2.75, 3.05) is 39.0 Å². The number of rotatable bonds is 7. The van der Waals surface area contributed by atoms with Crippen molar-refractivity contribution < 1.29 is 13.2 Å². The largest absolute Gasteiger partial charge is 0.352 e. The van der Waals surface area contributed by atoms with E-state index in [2.05, 4.69) is 22.3 Å². The van der Waals surface area contributed by atoms with Crippen LogP contribution < -0.4 is 5.32 Å². The fourth-order valence-corrected chi connectivity index (χ4v) is 4.18. The van der Waals surface area contributed by atoms with Crippen molar-refractivity contribution in [3.05, 3.63) is 71.3 Å². The highest BCUT2D eigenvalue weighted by Gasteiger charge is 2.23. The van der Waals surface area contributed by atoms with E-state index in [1.807, 2.05) is 42.5 Å². The Morgan fingerprint density at radius 3 is 2.32 bits per heavy atom. The molecule has 150 valence electrons. The number of amides is 1. The van der Waals surface area contributed by atoms with Crippen LogP contribution in [0.1, 0.15) is 21.5 Å². The normalized spacial score (nSPS) is 16.0. The molecule has 1 saturated heterocycles. The molecule has 2 aromatic rings. The van der Waals surface area contributed by atoms with Gasteiger partial charge in [-0.05, 0) is 29.7 Å². The lowest BCUT2D eigenvalue weighted by molar-refractivity contribution is 0.0954. The van der Waals surface area contributed by atoms with E-state index in [1.165, 1.54) is 16.1 Å². The van der Waals surface area contributed by atoms with Crippen molar-refractivity contribution in [3.63, 3.8) is 0 Å². The second-order valence-corrected chi connectivity index (χ2v) is 9.11. The average Bonchev–Trinajstić information content (AvgIpc) is 2.69. The Balaban J connectivity index is 1.50. The Hall–Kier alpha value is -2.22. The first-order chi connectivity index (χ1) is 13.4. The van der Waals surface area contributed by atoms with E-state index in [-0.39, 0.29) is 5.91 Å². The number of sulfonamides is 1. The lowest BCUT2D eigenvalue weighted by Crippen LogP contribution is -2.47. The second kappa shape index (κ2) is 9.32. The van der Waals surface area contributed by atoms with Crippen LogP contribution in [0.15, 0.2) is 54.6 Å². The standard InChI is InChI=1S/C21H27N3O3S/c1-28(26,27)24-14-12-23(13-15-24)17-19-8-5-9-20(16-19)21(25)22-11-10-18-6-3-2-4-7-18/h2-9,16H,10-15,17H2,1H3,(H,22,25). The zero-order chi connectivity index (χ0) is 20.0. The number of carbonyl (C=O) groups is 1. The molecule has 0 aliphatic carbocycles. The molecule has 0 saturated carbocycles. The maximum absolute atomic E-state index is 12.4. The molecule has 7 heteroatoms. The van der Waals surface area contributed by atoms with Crippen molar-refractivity contribution in [1.29, 1.82) is 0 Å². The van der Waals surface area contributed by atoms with Gasteiger partial charge in [-0.3, -0.25) is 9.69 Å². The lowest BCUT2D eigenvalue weighted by atomic mass is 10.1. The van der Waals surface area contributed by atoms with E-state index in [0.717, 1.165) is 12.0 Å². The number of hydrogen-bond donors (Lipinski definition) is 1. The summed E-state index contributed by atoms with van der Waals surface area (Å²) in [6.07, 6.45) is 2.05. The predicted molar refractivity (Wildman–Crippen MR) is 111 cm³/mol. The summed E-state index contributed by atoms with van der Waals surface area (Å²) in [6, 6.07) is 17.7. The van der Waals surface area contributed by atoms with E-state index in [9.17, 15) is 13.2 Å². The molecular weight excluding hydrogens is 374 g/mol. The molecule has 6 nitrogen and oxygen atoms in total. The third kappa shape index (κ3) is 5.89. The van der Waals surface area contributed by atoms with Crippen molar-refractivity contribution in [2.45, 2.75) is 13.0 Å². The fourth-order valence-electron chi connectivity index (χ4n) is 3.36. The molecular formula is C21H27N3O3S. The topological polar surface area (TPSA) is 69.7 Å². The lowest BCUT2D eigenvalue weighted by Gasteiger charge is -2.33. The number of hydrogen-bond acceptors (Lipinski definition) is 4. The van der Waals surface area contributed by atoms with Crippen molar-refractivity contribution in [1.82, 2.24) is 14.5 Å². The van der Waals surface area contributed by atoms with Gasteiger partial charge in [0, 0.05) is 44.8 Å². The number of nitrogens with zero attached hydrogens (tertiary/aromatic N) is 2. The molecule has 0 bridgehead atoms. The van der Waals surface area contributed by atoms with Crippen LogP contribution in [0.25, 0.3) is 0 Å². The Morgan fingerprint density at radius 2 is 1.64 bits per heavy atom. The smallest absolute Gasteiger partial charge is 0.251 e. The molecule has 28 heavy (non-hydrogen) atoms. The number of piperazine rings is 1. The molecule has 1 N–H and O–H groups in total. The number of benzene rings is 2. The molecule has 1 amide bonds. The van der Waals surface area contributed by atoms with Crippen LogP contribution >= 0.6 is 0 Å². The molecule has 2 aromatic carbocycles. The first kappa shape index (κ1) is 20.5. The van der Waals surface area contributed by atoms with Gasteiger partial charge in [0.1, 0.15) is 0 Å². The van der Waals surface area contributed by atoms with Gasteiger partial charge in [-0.15, -0.1) is 0 Å². The Kier molecular flexibility index (Phi) is 6.83. The minimum Gasteiger partial charge on any atom is -0.352 e. The minimum absolute atomic E-state index is 0.0697. The highest BCUT2D eigenvalue weighted by atomic mass is 32.2. The zero-order valence-corrected chi connectivity index (χ0v) is 17.0. The Labute approximate surface area is 167 Å². The van der Waals surface area contributed by atoms with Crippen molar-refractivity contribution in [2.24, 2.45) is 0 Å². The molecule has 0 aromatic heterocycles. The summed E-state index contributed by atoms with van der Waals surface area (Å²) in [6.45, 7) is 3.72. The second-order valence-electron chi connectivity index (χ2n) is 7.13. The van der Waals surface area contributed by atoms with Crippen LogP contribution in [-0.2, 0) is 23.0 Å². The van der Waals surface area contributed by atoms with Crippen LogP contribution in [0.3, 0.4) is 0 Å². The molecule has 3 rings (SSSR count). The van der Waals surface area contributed by atoms with Gasteiger partial charge < -0.3 is 5.32 Å². The van der Waals surface area contributed by atoms with Gasteiger partial charge in [-0.25, -0.2) is 8.42 Å². The van der Waals surface area contributed by atoms with E-state index in [1.54, 1.807) is 0 Å². The summed E-state index contributed by atoms with van der Waals surface area (Å²) in [5.41, 5.74) is 2.91. The maximum atomic E-state index is 12.4. The summed E-state index contributed by atoms with van der Waals surface area (Å²) in [5, 5.41) is 2.97. The summed E-state index contributed by atoms with van der Waals surface area (Å²) >= 11 is 0. The van der Waals surface area contributed by atoms with E-state index in [0.29, 0.717) is 44.8 Å². The number of carbonyl (C=O) groups excluding carboxylic acids is 1. The molecule has 0 radical (unpaired) electrons. The summed E-state index contributed by atoms with van der Waals surface area (Å²) in [4.78, 5) is 14.7. The quantitative estimate of drug-likeness (QED) is 0.767. The van der Waals surface area contributed by atoms with E-state index >= 15 is 0 Å². The van der Waals surface area contributed by atoms with Gasteiger partial charge in [-0.2, -0.15) is 4.31 Å². The molecule has 0 atom stereocenters. The van der Waals surface area contributed by atoms with Gasteiger partial charge in [0.05, 0.1) is 6.26 Å².